The summed E-state index contributed by atoms with van der Waals surface area (Å²) in [5.74, 6) is 0.902. The van der Waals surface area contributed by atoms with Crippen LogP contribution in [0.25, 0.3) is 0 Å². The average molecular weight is 357 g/mol. The van der Waals surface area contributed by atoms with Crippen molar-refractivity contribution in [2.45, 2.75) is 40.2 Å². The van der Waals surface area contributed by atoms with E-state index in [-0.39, 0.29) is 0 Å². The first kappa shape index (κ1) is 19.3. The van der Waals surface area contributed by atoms with Crippen molar-refractivity contribution in [2.24, 2.45) is 0 Å². The number of para-hydroxylation sites is 1. The Morgan fingerprint density at radius 2 is 1.60 bits per heavy atom. The lowest BCUT2D eigenvalue weighted by atomic mass is 10.0. The molecule has 0 aromatic heterocycles. The minimum atomic E-state index is 0.684. The molecule has 2 aromatic carbocycles. The zero-order valence-electron chi connectivity index (χ0n) is 15.6. The Labute approximate surface area is 157 Å². The van der Waals surface area contributed by atoms with Gasteiger partial charge < -0.3 is 15.0 Å². The van der Waals surface area contributed by atoms with Crippen molar-refractivity contribution in [1.82, 2.24) is 4.90 Å². The molecule has 2 rings (SSSR count). The summed E-state index contributed by atoms with van der Waals surface area (Å²) in [5, 5.41) is 4.21. The first-order chi connectivity index (χ1) is 12.1. The monoisotopic (exact) mass is 356 g/mol. The van der Waals surface area contributed by atoms with Gasteiger partial charge in [0.2, 0.25) is 0 Å². The van der Waals surface area contributed by atoms with Crippen LogP contribution in [0.1, 0.15) is 37.5 Å². The van der Waals surface area contributed by atoms with E-state index in [1.807, 2.05) is 26.1 Å². The maximum atomic E-state index is 5.63. The summed E-state index contributed by atoms with van der Waals surface area (Å²) in [6.45, 7) is 7.78. The number of rotatable bonds is 7. The fourth-order valence-electron chi connectivity index (χ4n) is 2.81. The van der Waals surface area contributed by atoms with Crippen molar-refractivity contribution in [1.29, 1.82) is 0 Å². The van der Waals surface area contributed by atoms with E-state index < -0.39 is 0 Å². The number of benzene rings is 2. The van der Waals surface area contributed by atoms with E-state index in [2.05, 4.69) is 54.4 Å². The van der Waals surface area contributed by atoms with Gasteiger partial charge in [0, 0.05) is 19.3 Å². The number of aryl methyl sites for hydroxylation is 2. The predicted octanol–water partition coefficient (Wildman–Crippen LogP) is 5.04. The van der Waals surface area contributed by atoms with Crippen molar-refractivity contribution >= 4 is 23.0 Å². The predicted molar refractivity (Wildman–Crippen MR) is 110 cm³/mol. The highest BCUT2D eigenvalue weighted by atomic mass is 32.1. The molecule has 0 radical (unpaired) electrons. The third-order valence-electron chi connectivity index (χ3n) is 4.23. The Morgan fingerprint density at radius 1 is 1.00 bits per heavy atom. The molecule has 0 aliphatic carbocycles. The Bertz CT molecular complexity index is 675. The van der Waals surface area contributed by atoms with E-state index in [0.717, 1.165) is 35.9 Å². The summed E-state index contributed by atoms with van der Waals surface area (Å²) in [6, 6.07) is 14.6. The third kappa shape index (κ3) is 5.20. The average Bonchev–Trinajstić information content (AvgIpc) is 2.63. The van der Waals surface area contributed by atoms with Crippen LogP contribution >= 0.6 is 12.2 Å². The van der Waals surface area contributed by atoms with Crippen molar-refractivity contribution in [3.05, 3.63) is 59.2 Å². The number of thiocarbonyl (C=S) groups is 1. The Kier molecular flexibility index (Phi) is 7.26. The van der Waals surface area contributed by atoms with E-state index in [4.69, 9.17) is 17.0 Å². The summed E-state index contributed by atoms with van der Waals surface area (Å²) in [5.41, 5.74) is 4.97. The Hall–Kier alpha value is -2.07. The number of anilines is 1. The van der Waals surface area contributed by atoms with Crippen molar-refractivity contribution in [2.75, 3.05) is 19.0 Å². The molecular weight excluding hydrogens is 328 g/mol. The second-order valence-corrected chi connectivity index (χ2v) is 6.41. The van der Waals surface area contributed by atoms with Gasteiger partial charge in [-0.1, -0.05) is 44.2 Å². The molecule has 0 aliphatic heterocycles. The van der Waals surface area contributed by atoms with Crippen LogP contribution in [-0.4, -0.2) is 23.7 Å². The minimum Gasteiger partial charge on any atom is -0.494 e. The van der Waals surface area contributed by atoms with Gasteiger partial charge in [-0.3, -0.25) is 0 Å². The molecule has 134 valence electrons. The smallest absolute Gasteiger partial charge is 0.173 e. The van der Waals surface area contributed by atoms with Gasteiger partial charge in [-0.25, -0.2) is 0 Å². The molecule has 1 N–H and O–H groups in total. The molecule has 0 spiro atoms. The fraction of sp³-hybridized carbons (Fsp3) is 0.381. The van der Waals surface area contributed by atoms with Crippen LogP contribution in [-0.2, 0) is 19.4 Å². The van der Waals surface area contributed by atoms with E-state index >= 15 is 0 Å². The number of ether oxygens (including phenoxy) is 1. The van der Waals surface area contributed by atoms with Crippen LogP contribution in [0, 0.1) is 0 Å². The summed E-state index contributed by atoms with van der Waals surface area (Å²) >= 11 is 5.63. The van der Waals surface area contributed by atoms with Crippen LogP contribution in [0.15, 0.2) is 42.5 Å². The Balaban J connectivity index is 2.05. The number of nitrogens with zero attached hydrogens (tertiary/aromatic N) is 1. The topological polar surface area (TPSA) is 24.5 Å². The molecule has 25 heavy (non-hydrogen) atoms. The third-order valence-corrected chi connectivity index (χ3v) is 4.65. The quantitative estimate of drug-likeness (QED) is 0.703. The van der Waals surface area contributed by atoms with Gasteiger partial charge in [-0.05, 0) is 60.8 Å². The first-order valence-electron chi connectivity index (χ1n) is 8.93. The van der Waals surface area contributed by atoms with Gasteiger partial charge in [0.05, 0.1) is 6.61 Å². The normalized spacial score (nSPS) is 10.4. The standard InChI is InChI=1S/C21H28N2OS/c1-5-17-9-8-10-18(6-2)20(17)22-21(25)23(4)15-16-11-13-19(14-12-16)24-7-3/h8-14H,5-7,15H2,1-4H3,(H,22,25). The van der Waals surface area contributed by atoms with E-state index in [9.17, 15) is 0 Å². The first-order valence-corrected chi connectivity index (χ1v) is 9.34. The molecule has 0 unspecified atom stereocenters. The van der Waals surface area contributed by atoms with E-state index in [1.54, 1.807) is 0 Å². The molecule has 0 fully saturated rings. The molecule has 0 heterocycles. The SMILES string of the molecule is CCOc1ccc(CN(C)C(=S)Nc2c(CC)cccc2CC)cc1. The van der Waals surface area contributed by atoms with E-state index in [0.29, 0.717) is 6.61 Å². The van der Waals surface area contributed by atoms with Crippen molar-refractivity contribution < 1.29 is 4.74 Å². The van der Waals surface area contributed by atoms with Gasteiger partial charge in [-0.2, -0.15) is 0 Å². The van der Waals surface area contributed by atoms with E-state index in [1.165, 1.54) is 16.7 Å². The molecule has 0 aliphatic rings. The highest BCUT2D eigenvalue weighted by Gasteiger charge is 2.11. The second-order valence-electron chi connectivity index (χ2n) is 6.02. The summed E-state index contributed by atoms with van der Waals surface area (Å²) in [7, 11) is 2.02. The van der Waals surface area contributed by atoms with Crippen LogP contribution < -0.4 is 10.1 Å². The highest BCUT2D eigenvalue weighted by molar-refractivity contribution is 7.80. The molecule has 3 nitrogen and oxygen atoms in total. The summed E-state index contributed by atoms with van der Waals surface area (Å²) < 4.78 is 5.49. The van der Waals surface area contributed by atoms with Gasteiger partial charge in [-0.15, -0.1) is 0 Å². The molecule has 0 bridgehead atoms. The molecule has 0 amide bonds. The zero-order chi connectivity index (χ0) is 18.2. The van der Waals surface area contributed by atoms with Crippen LogP contribution in [0.2, 0.25) is 0 Å². The lowest BCUT2D eigenvalue weighted by Gasteiger charge is -2.23. The largest absolute Gasteiger partial charge is 0.494 e. The zero-order valence-corrected chi connectivity index (χ0v) is 16.5. The molecule has 2 aromatic rings. The second kappa shape index (κ2) is 9.42. The van der Waals surface area contributed by atoms with Crippen LogP contribution in [0.4, 0.5) is 5.69 Å². The molecule has 0 saturated carbocycles. The number of nitrogens with one attached hydrogen (secondary N) is 1. The van der Waals surface area contributed by atoms with Crippen LogP contribution in [0.5, 0.6) is 5.75 Å². The van der Waals surface area contributed by atoms with Crippen molar-refractivity contribution in [3.8, 4) is 5.75 Å². The maximum absolute atomic E-state index is 5.63. The van der Waals surface area contributed by atoms with Gasteiger partial charge in [0.1, 0.15) is 5.75 Å². The van der Waals surface area contributed by atoms with Crippen molar-refractivity contribution in [3.63, 3.8) is 0 Å². The lowest BCUT2D eigenvalue weighted by molar-refractivity contribution is 0.340. The highest BCUT2D eigenvalue weighted by Crippen LogP contribution is 2.23. The van der Waals surface area contributed by atoms with Gasteiger partial charge >= 0.3 is 0 Å². The number of hydrogen-bond acceptors (Lipinski definition) is 2. The summed E-state index contributed by atoms with van der Waals surface area (Å²) in [4.78, 5) is 2.07. The maximum Gasteiger partial charge on any atom is 0.173 e. The number of hydrogen-bond donors (Lipinski definition) is 1. The van der Waals surface area contributed by atoms with Gasteiger partial charge in [0.15, 0.2) is 5.11 Å². The molecule has 0 atom stereocenters. The summed E-state index contributed by atoms with van der Waals surface area (Å²) in [6.07, 6.45) is 1.97. The fourth-order valence-corrected chi connectivity index (χ4v) is 2.98. The molecule has 4 heteroatoms. The lowest BCUT2D eigenvalue weighted by Crippen LogP contribution is -2.31. The van der Waals surface area contributed by atoms with Gasteiger partial charge in [0.25, 0.3) is 0 Å². The molecule has 0 saturated heterocycles. The Morgan fingerprint density at radius 3 is 2.12 bits per heavy atom. The molecular formula is C21H28N2OS. The van der Waals surface area contributed by atoms with Crippen LogP contribution in [0.3, 0.4) is 0 Å². The minimum absolute atomic E-state index is 0.684.